The van der Waals surface area contributed by atoms with E-state index < -0.39 is 0 Å². The van der Waals surface area contributed by atoms with Crippen LogP contribution in [-0.2, 0) is 6.54 Å². The van der Waals surface area contributed by atoms with Gasteiger partial charge in [-0.25, -0.2) is 0 Å². The second-order valence-electron chi connectivity index (χ2n) is 4.25. The van der Waals surface area contributed by atoms with Crippen molar-refractivity contribution >= 4 is 27.5 Å². The highest BCUT2D eigenvalue weighted by atomic mass is 79.9. The normalized spacial score (nSPS) is 12.4. The first-order valence-electron chi connectivity index (χ1n) is 5.89. The second-order valence-corrected chi connectivity index (χ2v) is 5.57. The van der Waals surface area contributed by atoms with Gasteiger partial charge in [-0.3, -0.25) is 0 Å². The summed E-state index contributed by atoms with van der Waals surface area (Å²) in [6, 6.07) is 16.7. The number of nitrogens with one attached hydrogen (secondary N) is 1. The van der Waals surface area contributed by atoms with Gasteiger partial charge in [-0.1, -0.05) is 63.9 Å². The van der Waals surface area contributed by atoms with Gasteiger partial charge in [-0.15, -0.1) is 0 Å². The van der Waals surface area contributed by atoms with Crippen LogP contribution in [0.15, 0.2) is 53.0 Å². The van der Waals surface area contributed by atoms with Crippen molar-refractivity contribution in [2.24, 2.45) is 0 Å². The summed E-state index contributed by atoms with van der Waals surface area (Å²) in [5.41, 5.74) is 2.40. The van der Waals surface area contributed by atoms with Crippen LogP contribution in [0.5, 0.6) is 0 Å². The molecule has 1 nitrogen and oxygen atoms in total. The Morgan fingerprint density at radius 3 is 2.56 bits per heavy atom. The van der Waals surface area contributed by atoms with Crippen molar-refractivity contribution in [3.8, 4) is 0 Å². The van der Waals surface area contributed by atoms with E-state index in [1.54, 1.807) is 0 Å². The molecule has 0 saturated carbocycles. The minimum atomic E-state index is 0.311. The second kappa shape index (κ2) is 6.37. The summed E-state index contributed by atoms with van der Waals surface area (Å²) in [5.74, 6) is 0. The van der Waals surface area contributed by atoms with Crippen LogP contribution >= 0.6 is 27.5 Å². The van der Waals surface area contributed by atoms with Gasteiger partial charge in [0, 0.05) is 22.1 Å². The van der Waals surface area contributed by atoms with E-state index in [0.717, 1.165) is 21.6 Å². The molecule has 0 bridgehead atoms. The van der Waals surface area contributed by atoms with Gasteiger partial charge in [0.15, 0.2) is 0 Å². The highest BCUT2D eigenvalue weighted by Gasteiger charge is 2.06. The molecule has 0 fully saturated rings. The number of hydrogen-bond donors (Lipinski definition) is 1. The fourth-order valence-electron chi connectivity index (χ4n) is 1.79. The Morgan fingerprint density at radius 2 is 1.89 bits per heavy atom. The summed E-state index contributed by atoms with van der Waals surface area (Å²) in [5, 5.41) is 4.26. The molecule has 2 rings (SSSR count). The van der Waals surface area contributed by atoms with Crippen LogP contribution in [-0.4, -0.2) is 0 Å². The SMILES string of the molecule is C[C@H](NCc1ccc(Br)cc1Cl)c1ccccc1. The Bertz CT molecular complexity index is 513. The van der Waals surface area contributed by atoms with E-state index in [-0.39, 0.29) is 0 Å². The van der Waals surface area contributed by atoms with Crippen molar-refractivity contribution in [3.63, 3.8) is 0 Å². The van der Waals surface area contributed by atoms with Gasteiger partial charge in [0.25, 0.3) is 0 Å². The van der Waals surface area contributed by atoms with Crippen LogP contribution in [0.1, 0.15) is 24.1 Å². The summed E-state index contributed by atoms with van der Waals surface area (Å²) < 4.78 is 1.01. The maximum Gasteiger partial charge on any atom is 0.0462 e. The van der Waals surface area contributed by atoms with Gasteiger partial charge >= 0.3 is 0 Å². The zero-order valence-electron chi connectivity index (χ0n) is 10.2. The third kappa shape index (κ3) is 3.58. The lowest BCUT2D eigenvalue weighted by atomic mass is 10.1. The standard InChI is InChI=1S/C15H15BrClN/c1-11(12-5-3-2-4-6-12)18-10-13-7-8-14(16)9-15(13)17/h2-9,11,18H,10H2,1H3/t11-/m0/s1. The maximum atomic E-state index is 6.19. The van der Waals surface area contributed by atoms with Crippen LogP contribution in [0.3, 0.4) is 0 Å². The smallest absolute Gasteiger partial charge is 0.0462 e. The first-order valence-corrected chi connectivity index (χ1v) is 7.06. The molecular formula is C15H15BrClN. The van der Waals surface area contributed by atoms with E-state index in [1.807, 2.05) is 24.3 Å². The molecule has 0 saturated heterocycles. The molecule has 2 aromatic carbocycles. The van der Waals surface area contributed by atoms with Crippen molar-refractivity contribution in [1.82, 2.24) is 5.32 Å². The molecule has 0 aromatic heterocycles. The van der Waals surface area contributed by atoms with Crippen LogP contribution in [0.2, 0.25) is 5.02 Å². The molecular weight excluding hydrogens is 310 g/mol. The van der Waals surface area contributed by atoms with Gasteiger partial charge < -0.3 is 5.32 Å². The van der Waals surface area contributed by atoms with Crippen molar-refractivity contribution in [1.29, 1.82) is 0 Å². The lowest BCUT2D eigenvalue weighted by Gasteiger charge is -2.15. The molecule has 1 atom stereocenters. The van der Waals surface area contributed by atoms with Crippen LogP contribution in [0, 0.1) is 0 Å². The molecule has 2 aromatic rings. The fraction of sp³-hybridized carbons (Fsp3) is 0.200. The van der Waals surface area contributed by atoms with E-state index in [4.69, 9.17) is 11.6 Å². The third-order valence-electron chi connectivity index (χ3n) is 2.91. The van der Waals surface area contributed by atoms with Crippen molar-refractivity contribution < 1.29 is 0 Å². The van der Waals surface area contributed by atoms with Gasteiger partial charge in [0.05, 0.1) is 0 Å². The van der Waals surface area contributed by atoms with E-state index in [9.17, 15) is 0 Å². The molecule has 3 heteroatoms. The molecule has 18 heavy (non-hydrogen) atoms. The number of hydrogen-bond acceptors (Lipinski definition) is 1. The van der Waals surface area contributed by atoms with Gasteiger partial charge in [0.1, 0.15) is 0 Å². The quantitative estimate of drug-likeness (QED) is 0.838. The minimum Gasteiger partial charge on any atom is -0.306 e. The molecule has 0 unspecified atom stereocenters. The predicted molar refractivity (Wildman–Crippen MR) is 80.8 cm³/mol. The largest absolute Gasteiger partial charge is 0.306 e. The van der Waals surface area contributed by atoms with E-state index in [2.05, 4.69) is 52.4 Å². The Kier molecular flexibility index (Phi) is 4.81. The van der Waals surface area contributed by atoms with E-state index in [0.29, 0.717) is 6.04 Å². The summed E-state index contributed by atoms with van der Waals surface area (Å²) in [6.07, 6.45) is 0. The lowest BCUT2D eigenvalue weighted by Crippen LogP contribution is -2.18. The molecule has 0 aliphatic heterocycles. The summed E-state index contributed by atoms with van der Waals surface area (Å²) in [4.78, 5) is 0. The molecule has 94 valence electrons. The Hall–Kier alpha value is -0.830. The average molecular weight is 325 g/mol. The third-order valence-corrected chi connectivity index (χ3v) is 3.76. The van der Waals surface area contributed by atoms with Crippen molar-refractivity contribution in [2.75, 3.05) is 0 Å². The van der Waals surface area contributed by atoms with Crippen molar-refractivity contribution in [2.45, 2.75) is 19.5 Å². The first-order chi connectivity index (χ1) is 8.66. The van der Waals surface area contributed by atoms with Gasteiger partial charge in [0.2, 0.25) is 0 Å². The highest BCUT2D eigenvalue weighted by molar-refractivity contribution is 9.10. The molecule has 1 N–H and O–H groups in total. The first kappa shape index (κ1) is 13.6. The minimum absolute atomic E-state index is 0.311. The van der Waals surface area contributed by atoms with Crippen LogP contribution in [0.4, 0.5) is 0 Å². The topological polar surface area (TPSA) is 12.0 Å². The van der Waals surface area contributed by atoms with E-state index >= 15 is 0 Å². The molecule has 0 spiro atoms. The number of halogens is 2. The Morgan fingerprint density at radius 1 is 1.17 bits per heavy atom. The maximum absolute atomic E-state index is 6.19. The molecule has 0 radical (unpaired) electrons. The van der Waals surface area contributed by atoms with Crippen molar-refractivity contribution in [3.05, 3.63) is 69.2 Å². The molecule has 0 aliphatic carbocycles. The fourth-order valence-corrected chi connectivity index (χ4v) is 2.53. The van der Waals surface area contributed by atoms with Crippen LogP contribution in [0.25, 0.3) is 0 Å². The zero-order valence-corrected chi connectivity index (χ0v) is 12.5. The summed E-state index contributed by atoms with van der Waals surface area (Å²) in [7, 11) is 0. The Labute approximate surface area is 121 Å². The molecule has 0 aliphatic rings. The average Bonchev–Trinajstić information content (AvgIpc) is 2.38. The Balaban J connectivity index is 1.99. The monoisotopic (exact) mass is 323 g/mol. The van der Waals surface area contributed by atoms with Crippen LogP contribution < -0.4 is 5.32 Å². The predicted octanol–water partition coefficient (Wildman–Crippen LogP) is 4.95. The zero-order chi connectivity index (χ0) is 13.0. The number of benzene rings is 2. The lowest BCUT2D eigenvalue weighted by molar-refractivity contribution is 0.575. The molecule has 0 heterocycles. The van der Waals surface area contributed by atoms with Gasteiger partial charge in [-0.05, 0) is 30.2 Å². The summed E-state index contributed by atoms with van der Waals surface area (Å²) in [6.45, 7) is 2.92. The number of rotatable bonds is 4. The summed E-state index contributed by atoms with van der Waals surface area (Å²) >= 11 is 9.60. The highest BCUT2D eigenvalue weighted by Crippen LogP contribution is 2.22. The van der Waals surface area contributed by atoms with Gasteiger partial charge in [-0.2, -0.15) is 0 Å². The van der Waals surface area contributed by atoms with E-state index in [1.165, 1.54) is 5.56 Å². The molecule has 0 amide bonds.